The third-order valence-corrected chi connectivity index (χ3v) is 5.89. The van der Waals surface area contributed by atoms with E-state index < -0.39 is 0 Å². The van der Waals surface area contributed by atoms with Gasteiger partial charge in [0.1, 0.15) is 6.54 Å². The van der Waals surface area contributed by atoms with Crippen LogP contribution in [-0.4, -0.2) is 79.8 Å². The number of carbonyl (C=O) groups is 1. The number of guanidine groups is 1. The molecule has 0 aromatic heterocycles. The zero-order chi connectivity index (χ0) is 20.4. The van der Waals surface area contributed by atoms with Crippen molar-refractivity contribution in [2.75, 3.05) is 46.0 Å². The summed E-state index contributed by atoms with van der Waals surface area (Å²) in [6, 6.07) is 11.4. The number of halogens is 1. The SMILES string of the molecule is CC(C)N1CCC(NC(=NCC(=O)N(C)C)NCCSc2ccccc2)CC1.I. The van der Waals surface area contributed by atoms with Crippen molar-refractivity contribution in [2.45, 2.75) is 43.7 Å². The van der Waals surface area contributed by atoms with E-state index in [1.807, 2.05) is 17.8 Å². The van der Waals surface area contributed by atoms with Crippen molar-refractivity contribution in [3.63, 3.8) is 0 Å². The van der Waals surface area contributed by atoms with Crippen molar-refractivity contribution in [2.24, 2.45) is 4.99 Å². The van der Waals surface area contributed by atoms with Gasteiger partial charge in [-0.2, -0.15) is 0 Å². The van der Waals surface area contributed by atoms with Crippen LogP contribution in [0.1, 0.15) is 26.7 Å². The number of amides is 1. The van der Waals surface area contributed by atoms with Crippen molar-refractivity contribution in [1.29, 1.82) is 0 Å². The Bertz CT molecular complexity index is 619. The number of benzene rings is 1. The Kier molecular flexibility index (Phi) is 12.6. The Labute approximate surface area is 197 Å². The summed E-state index contributed by atoms with van der Waals surface area (Å²) in [6.45, 7) is 7.66. The highest BCUT2D eigenvalue weighted by molar-refractivity contribution is 14.0. The summed E-state index contributed by atoms with van der Waals surface area (Å²) in [7, 11) is 3.52. The van der Waals surface area contributed by atoms with Crippen LogP contribution < -0.4 is 10.6 Å². The number of nitrogens with zero attached hydrogens (tertiary/aromatic N) is 3. The molecule has 0 bridgehead atoms. The van der Waals surface area contributed by atoms with E-state index in [1.165, 1.54) is 4.90 Å². The first-order chi connectivity index (χ1) is 13.5. The van der Waals surface area contributed by atoms with Gasteiger partial charge < -0.3 is 20.4 Å². The van der Waals surface area contributed by atoms with Crippen LogP contribution in [-0.2, 0) is 4.79 Å². The highest BCUT2D eigenvalue weighted by Gasteiger charge is 2.21. The Morgan fingerprint density at radius 3 is 2.48 bits per heavy atom. The van der Waals surface area contributed by atoms with Crippen molar-refractivity contribution in [1.82, 2.24) is 20.4 Å². The highest BCUT2D eigenvalue weighted by atomic mass is 127. The van der Waals surface area contributed by atoms with Gasteiger partial charge in [0, 0.05) is 56.5 Å². The van der Waals surface area contributed by atoms with E-state index >= 15 is 0 Å². The fourth-order valence-electron chi connectivity index (χ4n) is 3.05. The second-order valence-corrected chi connectivity index (χ2v) is 8.76. The molecule has 164 valence electrons. The van der Waals surface area contributed by atoms with Crippen LogP contribution in [0.5, 0.6) is 0 Å². The van der Waals surface area contributed by atoms with E-state index in [-0.39, 0.29) is 36.4 Å². The smallest absolute Gasteiger partial charge is 0.243 e. The van der Waals surface area contributed by atoms with Gasteiger partial charge in [-0.3, -0.25) is 4.79 Å². The molecule has 0 spiro atoms. The van der Waals surface area contributed by atoms with Crippen molar-refractivity contribution in [3.8, 4) is 0 Å². The molecule has 2 rings (SSSR count). The molecule has 1 saturated heterocycles. The van der Waals surface area contributed by atoms with Crippen LogP contribution in [0.3, 0.4) is 0 Å². The lowest BCUT2D eigenvalue weighted by atomic mass is 10.0. The molecular weight excluding hydrogens is 497 g/mol. The number of piperidine rings is 1. The number of carbonyl (C=O) groups excluding carboxylic acids is 1. The molecule has 1 aliphatic rings. The van der Waals surface area contributed by atoms with Crippen LogP contribution in [0, 0.1) is 0 Å². The molecule has 1 heterocycles. The monoisotopic (exact) mass is 533 g/mol. The zero-order valence-corrected chi connectivity index (χ0v) is 21.2. The number of hydrogen-bond acceptors (Lipinski definition) is 4. The topological polar surface area (TPSA) is 60.0 Å². The van der Waals surface area contributed by atoms with E-state index in [4.69, 9.17) is 0 Å². The minimum absolute atomic E-state index is 0. The molecule has 29 heavy (non-hydrogen) atoms. The van der Waals surface area contributed by atoms with E-state index in [0.717, 1.165) is 44.2 Å². The van der Waals surface area contributed by atoms with Gasteiger partial charge in [-0.15, -0.1) is 35.7 Å². The first-order valence-electron chi connectivity index (χ1n) is 10.1. The summed E-state index contributed by atoms with van der Waals surface area (Å²) in [5.41, 5.74) is 0. The normalized spacial score (nSPS) is 15.7. The lowest BCUT2D eigenvalue weighted by Gasteiger charge is -2.35. The predicted octanol–water partition coefficient (Wildman–Crippen LogP) is 2.89. The average Bonchev–Trinajstić information content (AvgIpc) is 2.70. The molecule has 1 aromatic carbocycles. The maximum Gasteiger partial charge on any atom is 0.243 e. The molecule has 0 unspecified atom stereocenters. The van der Waals surface area contributed by atoms with E-state index in [9.17, 15) is 4.79 Å². The third-order valence-electron chi connectivity index (χ3n) is 4.88. The zero-order valence-electron chi connectivity index (χ0n) is 18.1. The Balaban J connectivity index is 0.00000420. The van der Waals surface area contributed by atoms with Crippen LogP contribution in [0.2, 0.25) is 0 Å². The summed E-state index contributed by atoms with van der Waals surface area (Å²) < 4.78 is 0. The molecule has 0 aliphatic carbocycles. The number of thioether (sulfide) groups is 1. The maximum absolute atomic E-state index is 11.9. The summed E-state index contributed by atoms with van der Waals surface area (Å²) in [6.07, 6.45) is 2.19. The van der Waals surface area contributed by atoms with Crippen LogP contribution in [0.25, 0.3) is 0 Å². The van der Waals surface area contributed by atoms with Gasteiger partial charge in [0.15, 0.2) is 5.96 Å². The standard InChI is InChI=1S/C21H35N5OS.HI/c1-17(2)26-13-10-18(11-14-26)24-21(23-16-20(27)25(3)4)22-12-15-28-19-8-6-5-7-9-19;/h5-9,17-18H,10-16H2,1-4H3,(H2,22,23,24);1H. The molecule has 1 fully saturated rings. The largest absolute Gasteiger partial charge is 0.356 e. The van der Waals surface area contributed by atoms with Gasteiger partial charge >= 0.3 is 0 Å². The van der Waals surface area contributed by atoms with Gasteiger partial charge in [-0.05, 0) is 38.8 Å². The lowest BCUT2D eigenvalue weighted by Crippen LogP contribution is -2.50. The fourth-order valence-corrected chi connectivity index (χ4v) is 3.84. The number of nitrogens with one attached hydrogen (secondary N) is 2. The van der Waals surface area contributed by atoms with Gasteiger partial charge in [-0.25, -0.2) is 4.99 Å². The van der Waals surface area contributed by atoms with E-state index in [0.29, 0.717) is 12.1 Å². The Hall–Kier alpha value is -1.000. The number of aliphatic imine (C=N–C) groups is 1. The number of rotatable bonds is 8. The Morgan fingerprint density at radius 2 is 1.90 bits per heavy atom. The van der Waals surface area contributed by atoms with E-state index in [2.05, 4.69) is 58.6 Å². The van der Waals surface area contributed by atoms with Crippen molar-refractivity contribution < 1.29 is 4.79 Å². The van der Waals surface area contributed by atoms with Crippen molar-refractivity contribution >= 4 is 47.6 Å². The summed E-state index contributed by atoms with van der Waals surface area (Å²) in [5.74, 6) is 1.69. The minimum atomic E-state index is 0. The number of likely N-dealkylation sites (tertiary alicyclic amines) is 1. The van der Waals surface area contributed by atoms with Crippen LogP contribution >= 0.6 is 35.7 Å². The van der Waals surface area contributed by atoms with Gasteiger partial charge in [0.05, 0.1) is 0 Å². The first kappa shape index (κ1) is 26.0. The fraction of sp³-hybridized carbons (Fsp3) is 0.619. The van der Waals surface area contributed by atoms with Crippen LogP contribution in [0.15, 0.2) is 40.2 Å². The molecule has 1 aromatic rings. The number of hydrogen-bond donors (Lipinski definition) is 2. The van der Waals surface area contributed by atoms with E-state index in [1.54, 1.807) is 19.0 Å². The van der Waals surface area contributed by atoms with Crippen LogP contribution in [0.4, 0.5) is 0 Å². The number of likely N-dealkylation sites (N-methyl/N-ethyl adjacent to an activating group) is 1. The molecule has 0 atom stereocenters. The molecule has 0 saturated carbocycles. The summed E-state index contributed by atoms with van der Waals surface area (Å²) in [5, 5.41) is 6.94. The quantitative estimate of drug-likeness (QED) is 0.177. The summed E-state index contributed by atoms with van der Waals surface area (Å²) >= 11 is 1.81. The molecule has 8 heteroatoms. The van der Waals surface area contributed by atoms with Crippen molar-refractivity contribution in [3.05, 3.63) is 30.3 Å². The highest BCUT2D eigenvalue weighted by Crippen LogP contribution is 2.16. The first-order valence-corrected chi connectivity index (χ1v) is 11.1. The molecular formula is C21H36IN5OS. The third kappa shape index (κ3) is 10.0. The molecule has 1 aliphatic heterocycles. The van der Waals surface area contributed by atoms with Gasteiger partial charge in [0.2, 0.25) is 5.91 Å². The molecule has 2 N–H and O–H groups in total. The minimum Gasteiger partial charge on any atom is -0.356 e. The molecule has 1 amide bonds. The predicted molar refractivity (Wildman–Crippen MR) is 134 cm³/mol. The lowest BCUT2D eigenvalue weighted by molar-refractivity contribution is -0.127. The second-order valence-electron chi connectivity index (χ2n) is 7.59. The van der Waals surface area contributed by atoms with Gasteiger partial charge in [0.25, 0.3) is 0 Å². The molecule has 0 radical (unpaired) electrons. The second kappa shape index (κ2) is 14.1. The average molecular weight is 534 g/mol. The molecule has 6 nitrogen and oxygen atoms in total. The van der Waals surface area contributed by atoms with Gasteiger partial charge in [-0.1, -0.05) is 18.2 Å². The Morgan fingerprint density at radius 1 is 1.24 bits per heavy atom. The maximum atomic E-state index is 11.9. The summed E-state index contributed by atoms with van der Waals surface area (Å²) in [4.78, 5) is 21.8.